The van der Waals surface area contributed by atoms with E-state index in [1.807, 2.05) is 12.3 Å². The Morgan fingerprint density at radius 1 is 1.08 bits per heavy atom. The number of hydrogen-bond acceptors (Lipinski definition) is 5. The summed E-state index contributed by atoms with van der Waals surface area (Å²) in [6.45, 7) is 10.8. The highest BCUT2D eigenvalue weighted by Gasteiger charge is 2.18. The van der Waals surface area contributed by atoms with Gasteiger partial charge in [0.2, 0.25) is 0 Å². The van der Waals surface area contributed by atoms with Gasteiger partial charge < -0.3 is 14.5 Å². The molecule has 1 fully saturated rings. The Balaban J connectivity index is 1.67. The van der Waals surface area contributed by atoms with E-state index in [0.717, 1.165) is 44.5 Å². The van der Waals surface area contributed by atoms with Gasteiger partial charge in [0.25, 0.3) is 0 Å². The molecule has 2 aromatic rings. The third-order valence-corrected chi connectivity index (χ3v) is 4.44. The standard InChI is InChI=1S/C20H28N4O/c1-20(2,3)19-21-10-9-18(22-19)23(4)15-16-5-7-17(8-6-16)24-11-13-25-14-12-24/h5-10H,11-15H2,1-4H3. The zero-order chi connectivity index (χ0) is 17.9. The summed E-state index contributed by atoms with van der Waals surface area (Å²) >= 11 is 0. The van der Waals surface area contributed by atoms with Gasteiger partial charge in [-0.2, -0.15) is 0 Å². The number of benzene rings is 1. The van der Waals surface area contributed by atoms with Crippen LogP contribution in [0.5, 0.6) is 0 Å². The Kier molecular flexibility index (Phi) is 5.23. The zero-order valence-electron chi connectivity index (χ0n) is 15.7. The largest absolute Gasteiger partial charge is 0.378 e. The Morgan fingerprint density at radius 3 is 2.40 bits per heavy atom. The van der Waals surface area contributed by atoms with Crippen LogP contribution in [0.1, 0.15) is 32.2 Å². The maximum Gasteiger partial charge on any atom is 0.135 e. The second-order valence-electron chi connectivity index (χ2n) is 7.61. The van der Waals surface area contributed by atoms with E-state index in [1.54, 1.807) is 0 Å². The van der Waals surface area contributed by atoms with Crippen molar-refractivity contribution in [2.45, 2.75) is 32.7 Å². The molecule has 0 aliphatic carbocycles. The first-order chi connectivity index (χ1) is 11.9. The van der Waals surface area contributed by atoms with Gasteiger partial charge in [0.15, 0.2) is 0 Å². The summed E-state index contributed by atoms with van der Waals surface area (Å²) in [6, 6.07) is 10.8. The van der Waals surface area contributed by atoms with Crippen molar-refractivity contribution < 1.29 is 4.74 Å². The molecule has 2 heterocycles. The number of hydrogen-bond donors (Lipinski definition) is 0. The van der Waals surface area contributed by atoms with E-state index in [9.17, 15) is 0 Å². The van der Waals surface area contributed by atoms with Crippen LogP contribution in [-0.4, -0.2) is 43.3 Å². The third-order valence-electron chi connectivity index (χ3n) is 4.44. The molecule has 3 rings (SSSR count). The van der Waals surface area contributed by atoms with Gasteiger partial charge in [-0.1, -0.05) is 32.9 Å². The number of nitrogens with zero attached hydrogens (tertiary/aromatic N) is 4. The fourth-order valence-electron chi connectivity index (χ4n) is 2.91. The molecule has 5 heteroatoms. The van der Waals surface area contributed by atoms with Crippen LogP contribution < -0.4 is 9.80 Å². The van der Waals surface area contributed by atoms with Crippen molar-refractivity contribution >= 4 is 11.5 Å². The van der Waals surface area contributed by atoms with E-state index in [-0.39, 0.29) is 5.41 Å². The molecule has 1 aliphatic heterocycles. The Morgan fingerprint density at radius 2 is 1.76 bits per heavy atom. The molecule has 1 saturated heterocycles. The molecule has 0 spiro atoms. The average Bonchev–Trinajstić information content (AvgIpc) is 2.62. The second kappa shape index (κ2) is 7.40. The number of morpholine rings is 1. The van der Waals surface area contributed by atoms with Gasteiger partial charge in [0.1, 0.15) is 11.6 Å². The summed E-state index contributed by atoms with van der Waals surface area (Å²) < 4.78 is 5.42. The molecule has 0 bridgehead atoms. The van der Waals surface area contributed by atoms with Crippen molar-refractivity contribution in [1.29, 1.82) is 0 Å². The van der Waals surface area contributed by atoms with Gasteiger partial charge in [-0.05, 0) is 23.8 Å². The Labute approximate surface area is 150 Å². The summed E-state index contributed by atoms with van der Waals surface area (Å²) in [5.74, 6) is 1.83. The highest BCUT2D eigenvalue weighted by molar-refractivity contribution is 5.48. The third kappa shape index (κ3) is 4.48. The lowest BCUT2D eigenvalue weighted by molar-refractivity contribution is 0.122. The normalized spacial score (nSPS) is 15.3. The molecule has 0 atom stereocenters. The molecule has 0 N–H and O–H groups in total. The van der Waals surface area contributed by atoms with Crippen LogP contribution >= 0.6 is 0 Å². The van der Waals surface area contributed by atoms with E-state index in [4.69, 9.17) is 9.72 Å². The van der Waals surface area contributed by atoms with Gasteiger partial charge in [0.05, 0.1) is 13.2 Å². The molecule has 0 radical (unpaired) electrons. The molecule has 5 nitrogen and oxygen atoms in total. The van der Waals surface area contributed by atoms with Crippen LogP contribution in [0.2, 0.25) is 0 Å². The summed E-state index contributed by atoms with van der Waals surface area (Å²) in [6.07, 6.45) is 1.85. The minimum absolute atomic E-state index is 0.0450. The van der Waals surface area contributed by atoms with Gasteiger partial charge >= 0.3 is 0 Å². The number of rotatable bonds is 4. The van der Waals surface area contributed by atoms with E-state index in [2.05, 4.69) is 66.9 Å². The smallest absolute Gasteiger partial charge is 0.135 e. The predicted octanol–water partition coefficient (Wildman–Crippen LogP) is 3.25. The highest BCUT2D eigenvalue weighted by atomic mass is 16.5. The number of aromatic nitrogens is 2. The van der Waals surface area contributed by atoms with Crippen LogP contribution in [0, 0.1) is 0 Å². The van der Waals surface area contributed by atoms with Gasteiger partial charge in [-0.25, -0.2) is 9.97 Å². The molecule has 134 valence electrons. The van der Waals surface area contributed by atoms with Gasteiger partial charge in [0, 0.05) is 44.0 Å². The first-order valence-electron chi connectivity index (χ1n) is 8.90. The van der Waals surface area contributed by atoms with Crippen molar-refractivity contribution in [3.8, 4) is 0 Å². The van der Waals surface area contributed by atoms with Crippen LogP contribution in [-0.2, 0) is 16.7 Å². The maximum atomic E-state index is 5.42. The summed E-state index contributed by atoms with van der Waals surface area (Å²) in [5.41, 5.74) is 2.50. The fraction of sp³-hybridized carbons (Fsp3) is 0.500. The molecular weight excluding hydrogens is 312 g/mol. The van der Waals surface area contributed by atoms with Crippen molar-refractivity contribution in [3.05, 3.63) is 47.9 Å². The quantitative estimate of drug-likeness (QED) is 0.855. The lowest BCUT2D eigenvalue weighted by atomic mass is 9.96. The first kappa shape index (κ1) is 17.7. The Hall–Kier alpha value is -2.14. The minimum Gasteiger partial charge on any atom is -0.378 e. The van der Waals surface area contributed by atoms with Crippen LogP contribution in [0.15, 0.2) is 36.5 Å². The van der Waals surface area contributed by atoms with E-state index >= 15 is 0 Å². The van der Waals surface area contributed by atoms with Crippen LogP contribution in [0.25, 0.3) is 0 Å². The predicted molar refractivity (Wildman–Crippen MR) is 102 cm³/mol. The Bertz CT molecular complexity index is 688. The molecule has 25 heavy (non-hydrogen) atoms. The van der Waals surface area contributed by atoms with Crippen molar-refractivity contribution in [1.82, 2.24) is 9.97 Å². The first-order valence-corrected chi connectivity index (χ1v) is 8.90. The fourth-order valence-corrected chi connectivity index (χ4v) is 2.91. The average molecular weight is 340 g/mol. The molecule has 0 unspecified atom stereocenters. The zero-order valence-corrected chi connectivity index (χ0v) is 15.7. The monoisotopic (exact) mass is 340 g/mol. The van der Waals surface area contributed by atoms with E-state index < -0.39 is 0 Å². The SMILES string of the molecule is CN(Cc1ccc(N2CCOCC2)cc1)c1ccnc(C(C)(C)C)n1. The topological polar surface area (TPSA) is 41.5 Å². The summed E-state index contributed by atoms with van der Waals surface area (Å²) in [7, 11) is 2.07. The number of ether oxygens (including phenoxy) is 1. The molecule has 0 saturated carbocycles. The van der Waals surface area contributed by atoms with Gasteiger partial charge in [-0.3, -0.25) is 0 Å². The minimum atomic E-state index is -0.0450. The summed E-state index contributed by atoms with van der Waals surface area (Å²) in [5, 5.41) is 0. The van der Waals surface area contributed by atoms with Crippen molar-refractivity contribution in [2.24, 2.45) is 0 Å². The maximum absolute atomic E-state index is 5.42. The molecule has 1 aromatic carbocycles. The molecule has 1 aliphatic rings. The number of anilines is 2. The van der Waals surface area contributed by atoms with E-state index in [1.165, 1.54) is 11.3 Å². The van der Waals surface area contributed by atoms with Crippen LogP contribution in [0.4, 0.5) is 11.5 Å². The van der Waals surface area contributed by atoms with Crippen molar-refractivity contribution in [3.63, 3.8) is 0 Å². The summed E-state index contributed by atoms with van der Waals surface area (Å²) in [4.78, 5) is 13.7. The molecular formula is C20H28N4O. The highest BCUT2D eigenvalue weighted by Crippen LogP contribution is 2.22. The lowest BCUT2D eigenvalue weighted by Crippen LogP contribution is -2.36. The van der Waals surface area contributed by atoms with Gasteiger partial charge in [-0.15, -0.1) is 0 Å². The van der Waals surface area contributed by atoms with Crippen LogP contribution in [0.3, 0.4) is 0 Å². The van der Waals surface area contributed by atoms with E-state index in [0.29, 0.717) is 0 Å². The second-order valence-corrected chi connectivity index (χ2v) is 7.61. The molecule has 0 amide bonds. The molecule has 1 aromatic heterocycles. The lowest BCUT2D eigenvalue weighted by Gasteiger charge is -2.29. The van der Waals surface area contributed by atoms with Crippen molar-refractivity contribution in [2.75, 3.05) is 43.2 Å².